The quantitative estimate of drug-likeness (QED) is 0.306. The molecule has 6 heteroatoms. The van der Waals surface area contributed by atoms with Gasteiger partial charge in [-0.3, -0.25) is 4.55 Å². The molecule has 0 aliphatic carbocycles. The van der Waals surface area contributed by atoms with Gasteiger partial charge >= 0.3 is 10.4 Å². The monoisotopic (exact) mass is 378 g/mol. The van der Waals surface area contributed by atoms with Gasteiger partial charge in [0.15, 0.2) is 0 Å². The van der Waals surface area contributed by atoms with Gasteiger partial charge in [-0.2, -0.15) is 8.42 Å². The van der Waals surface area contributed by atoms with Crippen molar-refractivity contribution in [3.63, 3.8) is 0 Å². The summed E-state index contributed by atoms with van der Waals surface area (Å²) in [4.78, 5) is 0. The Morgan fingerprint density at radius 2 is 1.18 bits per heavy atom. The maximum Gasteiger partial charge on any atom is 0.397 e. The Morgan fingerprint density at radius 3 is 1.55 bits per heavy atom. The number of hydrogen-bond donors (Lipinski definition) is 1. The van der Waals surface area contributed by atoms with Crippen molar-refractivity contribution in [1.29, 1.82) is 0 Å². The molecular formula is C16H34NaO4S. The number of rotatable bonds is 16. The second-order valence-electron chi connectivity index (χ2n) is 2.36. The Morgan fingerprint density at radius 1 is 0.818 bits per heavy atom. The van der Waals surface area contributed by atoms with E-state index in [-0.39, 0.29) is 29.6 Å². The zero-order valence-electron chi connectivity index (χ0n) is 44.1. The first-order valence-electron chi connectivity index (χ1n) is 21.1. The van der Waals surface area contributed by atoms with Gasteiger partial charge in [-0.25, -0.2) is 4.18 Å². The smallest absolute Gasteiger partial charge is 0.264 e. The van der Waals surface area contributed by atoms with Crippen LogP contribution in [0.3, 0.4) is 0 Å². The van der Waals surface area contributed by atoms with E-state index in [1.165, 1.54) is 0 Å². The van der Waals surface area contributed by atoms with Crippen molar-refractivity contribution in [2.24, 2.45) is 0 Å². The van der Waals surface area contributed by atoms with Crippen molar-refractivity contribution < 1.29 is 62.4 Å². The van der Waals surface area contributed by atoms with Crippen molar-refractivity contribution in [2.75, 3.05) is 6.56 Å². The fourth-order valence-electron chi connectivity index (χ4n) is 0.474. The van der Waals surface area contributed by atoms with Gasteiger partial charge in [0, 0.05) is 72.1 Å². The molecule has 0 bridgehead atoms. The summed E-state index contributed by atoms with van der Waals surface area (Å²) in [5, 5.41) is 0. The second kappa shape index (κ2) is 18.2. The van der Waals surface area contributed by atoms with Crippen molar-refractivity contribution >= 4 is 40.0 Å². The van der Waals surface area contributed by atoms with Crippen LogP contribution in [0.25, 0.3) is 0 Å². The van der Waals surface area contributed by atoms with Crippen LogP contribution in [-0.2, 0) is 14.6 Å². The molecule has 0 saturated carbocycles. The Labute approximate surface area is 206 Å². The van der Waals surface area contributed by atoms with Crippen molar-refractivity contribution in [2.45, 2.75) is 96.1 Å². The van der Waals surface area contributed by atoms with Crippen LogP contribution in [0, 0.1) is 0 Å². The molecule has 0 amide bonds. The van der Waals surface area contributed by atoms with Crippen LogP contribution >= 0.6 is 0 Å². The molecule has 1 radical (unpaired) electrons. The van der Waals surface area contributed by atoms with Gasteiger partial charge in [0.1, 0.15) is 0 Å². The Kier molecular flexibility index (Phi) is 3.12. The second-order valence-corrected chi connectivity index (χ2v) is 3.39. The molecule has 0 saturated heterocycles. The topological polar surface area (TPSA) is 63.6 Å². The standard InChI is InChI=1S/C16H34O4S.Na/c1-2-3-4-5-6-7-8-9-10-11-12-13-14-15-16-20-21(17,18)19;/h2-16H2,1H3,(H,17,18,19);/i1D3,2D2,3D2,4D2,5D2,6D2,7D2,8D2,9D2,10D2,11D2,12D2,13D2,14D2,15D2,16D2;. The first kappa shape index (κ1) is 3.77. The van der Waals surface area contributed by atoms with E-state index in [2.05, 4.69) is 4.18 Å². The zero-order chi connectivity index (χ0) is 45.2. The predicted octanol–water partition coefficient (Wildman–Crippen LogP) is 4.91. The van der Waals surface area contributed by atoms with Crippen LogP contribution in [0.4, 0.5) is 0 Å². The molecule has 0 unspecified atom stereocenters. The fraction of sp³-hybridized carbons (Fsp3) is 1.00. The average molecular weight is 379 g/mol. The van der Waals surface area contributed by atoms with E-state index in [9.17, 15) is 8.42 Å². The molecule has 4 nitrogen and oxygen atoms in total. The third kappa shape index (κ3) is 23.1. The summed E-state index contributed by atoms with van der Waals surface area (Å²) in [7, 11) is -6.07. The summed E-state index contributed by atoms with van der Waals surface area (Å²) < 4.78 is 295. The molecule has 0 heterocycles. The minimum Gasteiger partial charge on any atom is -0.264 e. The molecular weight excluding hydrogens is 311 g/mol. The molecule has 0 aliphatic heterocycles. The van der Waals surface area contributed by atoms with E-state index in [4.69, 9.17) is 49.8 Å². The molecule has 0 atom stereocenters. The molecule has 0 fully saturated rings. The van der Waals surface area contributed by atoms with E-state index < -0.39 is 113 Å². The van der Waals surface area contributed by atoms with Gasteiger partial charge in [-0.1, -0.05) is 89.7 Å². The number of hydrogen-bond acceptors (Lipinski definition) is 3. The third-order valence-electron chi connectivity index (χ3n) is 1.01. The summed E-state index contributed by atoms with van der Waals surface area (Å²) in [5.74, 6) is 0. The average Bonchev–Trinajstić information content (AvgIpc) is 2.89. The molecule has 22 heavy (non-hydrogen) atoms. The van der Waals surface area contributed by atoms with Gasteiger partial charge < -0.3 is 0 Å². The first-order valence-corrected chi connectivity index (χ1v) is 6.00. The molecule has 129 valence electrons. The Balaban J connectivity index is 0. The van der Waals surface area contributed by atoms with Crippen LogP contribution < -0.4 is 0 Å². The molecule has 0 aromatic heterocycles. The summed E-state index contributed by atoms with van der Waals surface area (Å²) in [6.45, 7) is -8.86. The summed E-state index contributed by atoms with van der Waals surface area (Å²) in [6, 6.07) is 0. The fourth-order valence-corrected chi connectivity index (χ4v) is 0.621. The van der Waals surface area contributed by atoms with E-state index in [0.29, 0.717) is 0 Å². The third-order valence-corrected chi connectivity index (χ3v) is 1.30. The Hall–Kier alpha value is 0.870. The van der Waals surface area contributed by atoms with Crippen LogP contribution in [0.1, 0.15) is 141 Å². The minimum absolute atomic E-state index is 0. The van der Waals surface area contributed by atoms with Gasteiger partial charge in [-0.15, -0.1) is 0 Å². The predicted molar refractivity (Wildman–Crippen MR) is 93.6 cm³/mol. The van der Waals surface area contributed by atoms with Crippen molar-refractivity contribution in [1.82, 2.24) is 0 Å². The molecule has 0 spiro atoms. The molecule has 1 N–H and O–H groups in total. The summed E-state index contributed by atoms with van der Waals surface area (Å²) in [6.07, 6.45) is -70.4. The van der Waals surface area contributed by atoms with Crippen LogP contribution in [-0.4, -0.2) is 49.1 Å². The Bertz CT molecular complexity index is 1510. The van der Waals surface area contributed by atoms with Crippen molar-refractivity contribution in [3.05, 3.63) is 0 Å². The normalized spacial score (nSPS) is 44.0. The zero-order valence-corrected chi connectivity index (χ0v) is 13.9. The van der Waals surface area contributed by atoms with Crippen molar-refractivity contribution in [3.8, 4) is 0 Å². The van der Waals surface area contributed by atoms with Gasteiger partial charge in [-0.05, 0) is 6.37 Å². The minimum atomic E-state index is -6.07. The largest absolute Gasteiger partial charge is 0.397 e. The van der Waals surface area contributed by atoms with E-state index in [1.54, 1.807) is 0 Å². The van der Waals surface area contributed by atoms with Gasteiger partial charge in [0.05, 0.1) is 9.30 Å². The molecule has 0 aromatic rings. The van der Waals surface area contributed by atoms with Gasteiger partial charge in [0.2, 0.25) is 0 Å². The molecule has 0 aromatic carbocycles. The molecule has 0 rings (SSSR count). The van der Waals surface area contributed by atoms with Crippen LogP contribution in [0.5, 0.6) is 0 Å². The maximum atomic E-state index is 11.1. The molecule has 0 aliphatic rings. The van der Waals surface area contributed by atoms with Crippen LogP contribution in [0.15, 0.2) is 0 Å². The van der Waals surface area contributed by atoms with E-state index in [1.807, 2.05) is 0 Å². The summed E-state index contributed by atoms with van der Waals surface area (Å²) >= 11 is 0. The van der Waals surface area contributed by atoms with E-state index >= 15 is 0 Å². The van der Waals surface area contributed by atoms with E-state index in [0.717, 1.165) is 0 Å². The maximum absolute atomic E-state index is 11.1. The van der Waals surface area contributed by atoms with Gasteiger partial charge in [0.25, 0.3) is 0 Å². The first-order chi connectivity index (χ1) is 22.5. The summed E-state index contributed by atoms with van der Waals surface area (Å²) in [5.41, 5.74) is 0. The van der Waals surface area contributed by atoms with Crippen LogP contribution in [0.2, 0.25) is 0 Å². The SMILES string of the molecule is [2H]C([2H])([2H])C([2H])([2H])C([2H])([2H])C([2H])([2H])C([2H])([2H])C([2H])([2H])C([2H])([2H])C([2H])([2H])C([2H])([2H])C([2H])([2H])C([2H])([2H])C([2H])([2H])C([2H])([2H])C([2H])([2H])C([2H])([2H])C([2H])([2H])OS(=O)(=O)O.[Na].